The van der Waals surface area contributed by atoms with E-state index in [1.165, 1.54) is 24.0 Å². The average molecular weight is 553 g/mol. The van der Waals surface area contributed by atoms with Crippen LogP contribution in [-0.2, 0) is 9.59 Å². The van der Waals surface area contributed by atoms with Crippen LogP contribution >= 0.6 is 11.3 Å². The van der Waals surface area contributed by atoms with Crippen LogP contribution in [0.5, 0.6) is 11.5 Å². The Morgan fingerprint density at radius 1 is 1.10 bits per heavy atom. The van der Waals surface area contributed by atoms with Gasteiger partial charge in [0.1, 0.15) is 11.6 Å². The molecule has 3 aromatic rings. The fraction of sp³-hybridized carbons (Fsp3) is 0.310. The minimum atomic E-state index is -1.09. The molecule has 0 radical (unpaired) electrons. The Bertz CT molecular complexity index is 1450. The highest BCUT2D eigenvalue weighted by Crippen LogP contribution is 2.45. The number of rotatable bonds is 10. The molecule has 1 aliphatic rings. The number of aliphatic hydroxyl groups excluding tert-OH is 1. The van der Waals surface area contributed by atoms with Gasteiger partial charge in [0, 0.05) is 12.5 Å². The molecule has 1 aromatic heterocycles. The van der Waals surface area contributed by atoms with Gasteiger partial charge in [0.25, 0.3) is 5.78 Å². The van der Waals surface area contributed by atoms with Crippen molar-refractivity contribution in [2.45, 2.75) is 46.6 Å². The van der Waals surface area contributed by atoms with Gasteiger partial charge >= 0.3 is 5.91 Å². The van der Waals surface area contributed by atoms with Crippen LogP contribution in [0.3, 0.4) is 0 Å². The number of nitrogens with zero attached hydrogens (tertiary/aromatic N) is 2. The lowest BCUT2D eigenvalue weighted by molar-refractivity contribution is -0.132. The van der Waals surface area contributed by atoms with Gasteiger partial charge in [-0.3, -0.25) is 19.3 Å². The number of benzene rings is 2. The van der Waals surface area contributed by atoms with E-state index in [1.54, 1.807) is 25.1 Å². The molecule has 4 rings (SSSR count). The highest BCUT2D eigenvalue weighted by molar-refractivity contribution is 7.18. The predicted octanol–water partition coefficient (Wildman–Crippen LogP) is 6.00. The number of ether oxygens (including phenoxy) is 2. The molecule has 1 saturated heterocycles. The average Bonchev–Trinajstić information content (AvgIpc) is 3.42. The van der Waals surface area contributed by atoms with E-state index in [9.17, 15) is 23.9 Å². The first-order valence-corrected chi connectivity index (χ1v) is 13.4. The molecule has 1 aliphatic heterocycles. The maximum atomic E-state index is 13.6. The Hall–Kier alpha value is -4.05. The second-order valence-electron chi connectivity index (χ2n) is 8.98. The summed E-state index contributed by atoms with van der Waals surface area (Å²) in [5, 5.41) is 11.4. The number of hydrogen-bond donors (Lipinski definition) is 1. The molecule has 1 N–H and O–H groups in total. The number of halogens is 1. The van der Waals surface area contributed by atoms with E-state index in [4.69, 9.17) is 9.47 Å². The lowest BCUT2D eigenvalue weighted by atomic mass is 9.95. The van der Waals surface area contributed by atoms with Crippen LogP contribution in [0, 0.1) is 12.7 Å². The maximum absolute atomic E-state index is 13.6. The molecule has 0 aliphatic carbocycles. The quantitative estimate of drug-likeness (QED) is 0.108. The molecule has 1 atom stereocenters. The zero-order chi connectivity index (χ0) is 28.3. The van der Waals surface area contributed by atoms with Crippen molar-refractivity contribution in [1.29, 1.82) is 0 Å². The minimum Gasteiger partial charge on any atom is -0.507 e. The van der Waals surface area contributed by atoms with Crippen molar-refractivity contribution >= 4 is 39.7 Å². The van der Waals surface area contributed by atoms with Crippen LogP contribution in [0.15, 0.2) is 48.0 Å². The van der Waals surface area contributed by atoms with Crippen LogP contribution in [0.1, 0.15) is 66.1 Å². The van der Waals surface area contributed by atoms with Crippen molar-refractivity contribution in [3.63, 3.8) is 0 Å². The lowest BCUT2D eigenvalue weighted by Gasteiger charge is -2.24. The summed E-state index contributed by atoms with van der Waals surface area (Å²) < 4.78 is 25.3. The minimum absolute atomic E-state index is 0.143. The number of amides is 1. The number of carbonyl (C=O) groups is 3. The van der Waals surface area contributed by atoms with Gasteiger partial charge in [-0.05, 0) is 62.2 Å². The monoisotopic (exact) mass is 552 g/mol. The van der Waals surface area contributed by atoms with E-state index in [-0.39, 0.29) is 22.1 Å². The lowest BCUT2D eigenvalue weighted by Crippen LogP contribution is -2.29. The van der Waals surface area contributed by atoms with E-state index >= 15 is 0 Å². The van der Waals surface area contributed by atoms with Crippen molar-refractivity contribution < 1.29 is 33.4 Å². The largest absolute Gasteiger partial charge is 0.507 e. The van der Waals surface area contributed by atoms with Crippen LogP contribution < -0.4 is 14.4 Å². The number of aryl methyl sites for hydroxylation is 1. The first kappa shape index (κ1) is 28.0. The molecular formula is C29H29FN2O6S. The van der Waals surface area contributed by atoms with E-state index < -0.39 is 29.3 Å². The molecule has 204 valence electrons. The van der Waals surface area contributed by atoms with E-state index in [2.05, 4.69) is 11.9 Å². The van der Waals surface area contributed by atoms with Crippen LogP contribution in [-0.4, -0.2) is 40.8 Å². The molecule has 0 spiro atoms. The van der Waals surface area contributed by atoms with E-state index in [0.29, 0.717) is 40.8 Å². The Balaban J connectivity index is 1.92. The van der Waals surface area contributed by atoms with E-state index in [1.807, 2.05) is 6.92 Å². The summed E-state index contributed by atoms with van der Waals surface area (Å²) in [7, 11) is 0. The number of unbranched alkanes of at least 4 members (excludes halogenated alkanes) is 1. The summed E-state index contributed by atoms with van der Waals surface area (Å²) in [5.41, 5.74) is 0.868. The number of anilines is 1. The van der Waals surface area contributed by atoms with Gasteiger partial charge in [0.15, 0.2) is 22.4 Å². The molecular weight excluding hydrogens is 523 g/mol. The fourth-order valence-electron chi connectivity index (χ4n) is 4.33. The topological polar surface area (TPSA) is 106 Å². The molecule has 1 amide bonds. The number of thiazole rings is 1. The van der Waals surface area contributed by atoms with Gasteiger partial charge in [-0.1, -0.05) is 30.7 Å². The Labute approximate surface area is 229 Å². The summed E-state index contributed by atoms with van der Waals surface area (Å²) in [6.07, 6.45) is 1.81. The Kier molecular flexibility index (Phi) is 8.44. The fourth-order valence-corrected chi connectivity index (χ4v) is 5.32. The molecule has 2 aromatic carbocycles. The number of ketones is 2. The third-order valence-corrected chi connectivity index (χ3v) is 7.47. The van der Waals surface area contributed by atoms with Crippen molar-refractivity contribution in [3.8, 4) is 11.5 Å². The van der Waals surface area contributed by atoms with E-state index in [0.717, 1.165) is 36.3 Å². The number of aliphatic hydroxyl groups is 1. The maximum Gasteiger partial charge on any atom is 0.301 e. The third kappa shape index (κ3) is 5.56. The van der Waals surface area contributed by atoms with Gasteiger partial charge in [0.05, 0.1) is 35.4 Å². The number of hydrogen-bond acceptors (Lipinski definition) is 8. The van der Waals surface area contributed by atoms with Gasteiger partial charge in [0.2, 0.25) is 0 Å². The number of Topliss-reactive ketones (excluding diaryl/α,β-unsaturated/α-hetero) is 2. The molecule has 8 nitrogen and oxygen atoms in total. The van der Waals surface area contributed by atoms with Gasteiger partial charge < -0.3 is 14.6 Å². The molecule has 2 heterocycles. The van der Waals surface area contributed by atoms with Crippen molar-refractivity contribution in [3.05, 3.63) is 75.6 Å². The first-order chi connectivity index (χ1) is 18.7. The molecule has 39 heavy (non-hydrogen) atoms. The van der Waals surface area contributed by atoms with Gasteiger partial charge in [-0.15, -0.1) is 0 Å². The van der Waals surface area contributed by atoms with Crippen LogP contribution in [0.25, 0.3) is 5.76 Å². The molecule has 10 heteroatoms. The number of carbonyl (C=O) groups excluding carboxylic acids is 3. The highest BCUT2D eigenvalue weighted by atomic mass is 32.1. The predicted molar refractivity (Wildman–Crippen MR) is 146 cm³/mol. The molecule has 1 unspecified atom stereocenters. The second-order valence-corrected chi connectivity index (χ2v) is 9.96. The van der Waals surface area contributed by atoms with Crippen molar-refractivity contribution in [2.75, 3.05) is 18.1 Å². The SMILES string of the molecule is CCCCOc1ccc(C2/C(=C(\O)c3ccc(F)cc3)C(=O)C(=O)N2c2nc(C)c(C(C)=O)s2)cc1OCC. The van der Waals surface area contributed by atoms with Gasteiger partial charge in [-0.2, -0.15) is 0 Å². The normalized spacial score (nSPS) is 16.5. The Morgan fingerprint density at radius 2 is 1.82 bits per heavy atom. The summed E-state index contributed by atoms with van der Waals surface area (Å²) in [6, 6.07) is 8.92. The first-order valence-electron chi connectivity index (χ1n) is 12.6. The summed E-state index contributed by atoms with van der Waals surface area (Å²) >= 11 is 0.994. The standard InChI is InChI=1S/C29H29FN2O6S/c1-5-7-14-38-21-13-10-19(15-22(21)37-6-2)24-23(25(34)18-8-11-20(30)12-9-18)26(35)28(36)32(24)29-31-16(3)27(39-29)17(4)33/h8-13,15,24,34H,5-7,14H2,1-4H3/b25-23+. The van der Waals surface area contributed by atoms with Gasteiger partial charge in [-0.25, -0.2) is 9.37 Å². The van der Waals surface area contributed by atoms with Crippen LogP contribution in [0.4, 0.5) is 9.52 Å². The van der Waals surface area contributed by atoms with Crippen molar-refractivity contribution in [1.82, 2.24) is 4.98 Å². The molecule has 0 saturated carbocycles. The molecule has 0 bridgehead atoms. The second kappa shape index (κ2) is 11.8. The molecule has 1 fully saturated rings. The third-order valence-electron chi connectivity index (χ3n) is 6.21. The Morgan fingerprint density at radius 3 is 2.44 bits per heavy atom. The van der Waals surface area contributed by atoms with Crippen LogP contribution in [0.2, 0.25) is 0 Å². The summed E-state index contributed by atoms with van der Waals surface area (Å²) in [5.74, 6) is -2.11. The summed E-state index contributed by atoms with van der Waals surface area (Å²) in [6.45, 7) is 7.76. The smallest absolute Gasteiger partial charge is 0.301 e. The zero-order valence-electron chi connectivity index (χ0n) is 22.1. The van der Waals surface area contributed by atoms with Crippen molar-refractivity contribution in [2.24, 2.45) is 0 Å². The summed E-state index contributed by atoms with van der Waals surface area (Å²) in [4.78, 5) is 44.9. The number of aromatic nitrogens is 1. The highest BCUT2D eigenvalue weighted by Gasteiger charge is 2.48. The zero-order valence-corrected chi connectivity index (χ0v) is 22.9.